The highest BCUT2D eigenvalue weighted by molar-refractivity contribution is 7.53. The minimum atomic E-state index is -4.59. The van der Waals surface area contributed by atoms with Crippen LogP contribution in [0.5, 0.6) is 11.5 Å². The molecule has 0 radical (unpaired) electrons. The molecule has 0 bridgehead atoms. The van der Waals surface area contributed by atoms with E-state index in [9.17, 15) is 19.1 Å². The van der Waals surface area contributed by atoms with Crippen LogP contribution in [0.25, 0.3) is 0 Å². The number of carbonyl (C=O) groups excluding carboxylic acids is 1. The Labute approximate surface area is 115 Å². The van der Waals surface area contributed by atoms with E-state index in [1.54, 1.807) is 25.1 Å². The lowest BCUT2D eigenvalue weighted by atomic mass is 10.1. The van der Waals surface area contributed by atoms with Crippen LogP contribution in [0.4, 0.5) is 0 Å². The Bertz CT molecular complexity index is 551. The first-order valence-electron chi connectivity index (χ1n) is 6.02. The van der Waals surface area contributed by atoms with E-state index < -0.39 is 19.2 Å². The third-order valence-electron chi connectivity index (χ3n) is 2.83. The van der Waals surface area contributed by atoms with Gasteiger partial charge in [0.2, 0.25) is 6.79 Å². The van der Waals surface area contributed by atoms with Gasteiger partial charge in [0.25, 0.3) is 0 Å². The Morgan fingerprint density at radius 2 is 2.10 bits per heavy atom. The topological polar surface area (TPSA) is 102 Å². The Kier molecular flexibility index (Phi) is 4.32. The van der Waals surface area contributed by atoms with E-state index in [1.807, 2.05) is 0 Å². The van der Waals surface area contributed by atoms with Crippen molar-refractivity contribution < 1.29 is 33.4 Å². The average molecular weight is 302 g/mol. The highest BCUT2D eigenvalue weighted by atomic mass is 31.2. The zero-order valence-electron chi connectivity index (χ0n) is 10.8. The molecule has 1 aliphatic heterocycles. The van der Waals surface area contributed by atoms with Gasteiger partial charge in [-0.25, -0.2) is 0 Å². The monoisotopic (exact) mass is 302 g/mol. The molecule has 20 heavy (non-hydrogen) atoms. The smallest absolute Gasteiger partial charge is 0.340 e. The largest absolute Gasteiger partial charge is 0.465 e. The van der Waals surface area contributed by atoms with E-state index in [0.717, 1.165) is 0 Å². The van der Waals surface area contributed by atoms with Crippen LogP contribution in [0.3, 0.4) is 0 Å². The fourth-order valence-electron chi connectivity index (χ4n) is 1.87. The van der Waals surface area contributed by atoms with Crippen LogP contribution in [-0.2, 0) is 20.5 Å². The number of hydrogen-bond donors (Lipinski definition) is 2. The zero-order chi connectivity index (χ0) is 14.8. The molecule has 1 aromatic carbocycles. The van der Waals surface area contributed by atoms with Gasteiger partial charge in [0.1, 0.15) is 0 Å². The fourth-order valence-corrected chi connectivity index (χ4v) is 2.67. The maximum absolute atomic E-state index is 11.7. The zero-order valence-corrected chi connectivity index (χ0v) is 11.7. The van der Waals surface area contributed by atoms with E-state index in [0.29, 0.717) is 17.1 Å². The SMILES string of the molecule is CCOC(=O)C(Cc1ccc2c(c1)OCO2)P(=O)(O)O. The van der Waals surface area contributed by atoms with Crippen molar-refractivity contribution in [2.24, 2.45) is 0 Å². The van der Waals surface area contributed by atoms with Crippen molar-refractivity contribution in [3.8, 4) is 11.5 Å². The lowest BCUT2D eigenvalue weighted by Gasteiger charge is -2.17. The molecular weight excluding hydrogens is 287 g/mol. The van der Waals surface area contributed by atoms with Crippen molar-refractivity contribution in [2.75, 3.05) is 13.4 Å². The van der Waals surface area contributed by atoms with Crippen LogP contribution < -0.4 is 9.47 Å². The number of ether oxygens (including phenoxy) is 3. The van der Waals surface area contributed by atoms with Crippen molar-refractivity contribution in [1.29, 1.82) is 0 Å². The predicted molar refractivity (Wildman–Crippen MR) is 68.7 cm³/mol. The summed E-state index contributed by atoms with van der Waals surface area (Å²) in [6, 6.07) is 4.87. The van der Waals surface area contributed by atoms with Crippen LogP contribution in [0.2, 0.25) is 0 Å². The minimum Gasteiger partial charge on any atom is -0.465 e. The maximum atomic E-state index is 11.7. The molecular formula is C12H15O7P. The molecule has 8 heteroatoms. The van der Waals surface area contributed by atoms with Gasteiger partial charge in [-0.2, -0.15) is 0 Å². The van der Waals surface area contributed by atoms with Crippen LogP contribution in [0.15, 0.2) is 18.2 Å². The van der Waals surface area contributed by atoms with Crippen molar-refractivity contribution in [3.63, 3.8) is 0 Å². The number of carbonyl (C=O) groups is 1. The van der Waals surface area contributed by atoms with Crippen LogP contribution in [0, 0.1) is 0 Å². The summed E-state index contributed by atoms with van der Waals surface area (Å²) in [4.78, 5) is 30.2. The molecule has 110 valence electrons. The lowest BCUT2D eigenvalue weighted by molar-refractivity contribution is -0.142. The van der Waals surface area contributed by atoms with Gasteiger partial charge >= 0.3 is 13.6 Å². The summed E-state index contributed by atoms with van der Waals surface area (Å²) in [7, 11) is -4.59. The molecule has 0 amide bonds. The molecule has 2 rings (SSSR count). The fraction of sp³-hybridized carbons (Fsp3) is 0.417. The van der Waals surface area contributed by atoms with Crippen molar-refractivity contribution in [3.05, 3.63) is 23.8 Å². The predicted octanol–water partition coefficient (Wildman–Crippen LogP) is 1.07. The Balaban J connectivity index is 2.19. The van der Waals surface area contributed by atoms with Gasteiger partial charge in [0.05, 0.1) is 6.61 Å². The number of esters is 1. The first-order chi connectivity index (χ1) is 9.41. The second-order valence-corrected chi connectivity index (χ2v) is 6.05. The summed E-state index contributed by atoms with van der Waals surface area (Å²) in [6.45, 7) is 1.75. The summed E-state index contributed by atoms with van der Waals surface area (Å²) < 4.78 is 26.5. The molecule has 0 saturated heterocycles. The summed E-state index contributed by atoms with van der Waals surface area (Å²) >= 11 is 0. The van der Waals surface area contributed by atoms with Gasteiger partial charge in [-0.05, 0) is 31.0 Å². The standard InChI is InChI=1S/C12H15O7P/c1-2-17-12(13)11(20(14,15)16)6-8-3-4-9-10(5-8)19-7-18-9/h3-5,11H,2,6-7H2,1H3,(H2,14,15,16). The first kappa shape index (κ1) is 14.8. The van der Waals surface area contributed by atoms with Gasteiger partial charge in [0.15, 0.2) is 17.2 Å². The van der Waals surface area contributed by atoms with Crippen LogP contribution in [0.1, 0.15) is 12.5 Å². The van der Waals surface area contributed by atoms with Crippen molar-refractivity contribution in [1.82, 2.24) is 0 Å². The molecule has 1 unspecified atom stereocenters. The van der Waals surface area contributed by atoms with Crippen molar-refractivity contribution in [2.45, 2.75) is 19.0 Å². The minimum absolute atomic E-state index is 0.0659. The van der Waals surface area contributed by atoms with E-state index in [-0.39, 0.29) is 19.8 Å². The van der Waals surface area contributed by atoms with Gasteiger partial charge < -0.3 is 24.0 Å². The third-order valence-corrected chi connectivity index (χ3v) is 4.04. The van der Waals surface area contributed by atoms with E-state index in [2.05, 4.69) is 0 Å². The van der Waals surface area contributed by atoms with E-state index in [4.69, 9.17) is 14.2 Å². The van der Waals surface area contributed by atoms with E-state index >= 15 is 0 Å². The molecule has 1 heterocycles. The normalized spacial score (nSPS) is 14.9. The number of hydrogen-bond acceptors (Lipinski definition) is 5. The summed E-state index contributed by atoms with van der Waals surface area (Å²) in [6.07, 6.45) is -0.125. The number of benzene rings is 1. The van der Waals surface area contributed by atoms with Gasteiger partial charge in [-0.1, -0.05) is 6.07 Å². The summed E-state index contributed by atoms with van der Waals surface area (Å²) in [5, 5.41) is 0. The van der Waals surface area contributed by atoms with E-state index in [1.165, 1.54) is 0 Å². The quantitative estimate of drug-likeness (QED) is 0.619. The second kappa shape index (κ2) is 5.83. The lowest BCUT2D eigenvalue weighted by Crippen LogP contribution is -2.26. The molecule has 0 spiro atoms. The first-order valence-corrected chi connectivity index (χ1v) is 7.70. The molecule has 1 atom stereocenters. The highest BCUT2D eigenvalue weighted by Gasteiger charge is 2.37. The number of rotatable bonds is 5. The maximum Gasteiger partial charge on any atom is 0.340 e. The summed E-state index contributed by atoms with van der Waals surface area (Å²) in [5.41, 5.74) is -0.946. The molecule has 0 aliphatic carbocycles. The summed E-state index contributed by atoms with van der Waals surface area (Å²) in [5.74, 6) is 0.159. The molecule has 1 aliphatic rings. The highest BCUT2D eigenvalue weighted by Crippen LogP contribution is 2.44. The molecule has 0 aromatic heterocycles. The molecule has 0 saturated carbocycles. The molecule has 0 fully saturated rings. The van der Waals surface area contributed by atoms with Crippen molar-refractivity contribution >= 4 is 13.6 Å². The van der Waals surface area contributed by atoms with Crippen LogP contribution in [-0.4, -0.2) is 34.8 Å². The van der Waals surface area contributed by atoms with Crippen LogP contribution >= 0.6 is 7.60 Å². The Morgan fingerprint density at radius 3 is 2.75 bits per heavy atom. The van der Waals surface area contributed by atoms with Gasteiger partial charge in [-0.3, -0.25) is 9.36 Å². The molecule has 2 N–H and O–H groups in total. The van der Waals surface area contributed by atoms with Gasteiger partial charge in [-0.15, -0.1) is 0 Å². The average Bonchev–Trinajstić information content (AvgIpc) is 2.82. The Morgan fingerprint density at radius 1 is 1.40 bits per heavy atom. The molecule has 1 aromatic rings. The third kappa shape index (κ3) is 3.30. The second-order valence-electron chi connectivity index (χ2n) is 4.25. The number of fused-ring (bicyclic) bond motifs is 1. The van der Waals surface area contributed by atoms with Gasteiger partial charge in [0, 0.05) is 0 Å². The Hall–Kier alpha value is -1.56. The molecule has 7 nitrogen and oxygen atoms in total.